The Labute approximate surface area is 388 Å². The summed E-state index contributed by atoms with van der Waals surface area (Å²) >= 11 is 0. The minimum Gasteiger partial charge on any atom is -0.103 e. The molecule has 2 atom stereocenters. The number of hydrogen-bond donors (Lipinski definition) is 0. The van der Waals surface area contributed by atoms with Gasteiger partial charge in [0.25, 0.3) is 0 Å². The Bertz CT molecular complexity index is 1320. The van der Waals surface area contributed by atoms with Gasteiger partial charge in [0.1, 0.15) is 0 Å². The van der Waals surface area contributed by atoms with E-state index < -0.39 is 0 Å². The lowest BCUT2D eigenvalue weighted by Crippen LogP contribution is -2.30. The minimum atomic E-state index is 0.235. The summed E-state index contributed by atoms with van der Waals surface area (Å²) in [6.45, 7) is 66.2. The zero-order valence-corrected chi connectivity index (χ0v) is 46.6. The summed E-state index contributed by atoms with van der Waals surface area (Å²) in [6.07, 6.45) is 33.0. The highest BCUT2D eigenvalue weighted by molar-refractivity contribution is 5.10. The first-order valence-corrected chi connectivity index (χ1v) is 24.6. The van der Waals surface area contributed by atoms with Crippen LogP contribution < -0.4 is 0 Å². The molecule has 0 saturated heterocycles. The van der Waals surface area contributed by atoms with Crippen LogP contribution in [-0.4, -0.2) is 0 Å². The first kappa shape index (κ1) is 65.5. The van der Waals surface area contributed by atoms with E-state index in [2.05, 4.69) is 222 Å². The van der Waals surface area contributed by atoms with E-state index in [1.165, 1.54) is 105 Å². The van der Waals surface area contributed by atoms with Crippen LogP contribution in [-0.2, 0) is 0 Å². The average molecular weight is 848 g/mol. The number of allylic oxidation sites excluding steroid dienone is 13. The fourth-order valence-electron chi connectivity index (χ4n) is 5.98. The predicted molar refractivity (Wildman–Crippen MR) is 289 cm³/mol. The SMILES string of the molecule is C=CC(=C)CCCC(C)(C)C(C)(C)C.C=CC(C)(CCC=C(C)C)C(C)(C)C.CC(C)=CCC/C(C)=C/CC/C(C)=C/CC(C)(C)C.CC(C)=CCCC(C)CCC(C)(C)C. The van der Waals surface area contributed by atoms with Gasteiger partial charge in [-0.15, -0.1) is 6.58 Å². The molecule has 0 radical (unpaired) electrons. The minimum absolute atomic E-state index is 0.235. The smallest absolute Gasteiger partial charge is 0.00977 e. The Balaban J connectivity index is -0.000000359. The summed E-state index contributed by atoms with van der Waals surface area (Å²) in [6, 6.07) is 0. The van der Waals surface area contributed by atoms with Crippen LogP contribution in [0.1, 0.15) is 256 Å². The first-order valence-electron chi connectivity index (χ1n) is 24.6. The van der Waals surface area contributed by atoms with Crippen molar-refractivity contribution in [2.75, 3.05) is 0 Å². The van der Waals surface area contributed by atoms with Crippen LogP contribution in [0.2, 0.25) is 0 Å². The van der Waals surface area contributed by atoms with Gasteiger partial charge >= 0.3 is 0 Å². The summed E-state index contributed by atoms with van der Waals surface area (Å²) in [5.74, 6) is 0.879. The Kier molecular flexibility index (Phi) is 35.0. The molecule has 0 amide bonds. The molecule has 61 heavy (non-hydrogen) atoms. The Morgan fingerprint density at radius 3 is 1.31 bits per heavy atom. The van der Waals surface area contributed by atoms with Crippen LogP contribution in [0.5, 0.6) is 0 Å². The van der Waals surface area contributed by atoms with Crippen LogP contribution in [0.4, 0.5) is 0 Å². The highest BCUT2D eigenvalue weighted by Crippen LogP contribution is 2.43. The third kappa shape index (κ3) is 43.0. The molecule has 0 saturated carbocycles. The number of hydrogen-bond acceptors (Lipinski definition) is 0. The van der Waals surface area contributed by atoms with Gasteiger partial charge < -0.3 is 0 Å². The van der Waals surface area contributed by atoms with E-state index in [0.717, 1.165) is 24.3 Å². The number of rotatable bonds is 21. The van der Waals surface area contributed by atoms with Gasteiger partial charge in [0, 0.05) is 0 Å². The summed E-state index contributed by atoms with van der Waals surface area (Å²) in [4.78, 5) is 0. The normalized spacial score (nSPS) is 14.0. The van der Waals surface area contributed by atoms with Crippen molar-refractivity contribution < 1.29 is 0 Å². The first-order chi connectivity index (χ1) is 27.4. The zero-order valence-electron chi connectivity index (χ0n) is 46.6. The van der Waals surface area contributed by atoms with E-state index in [4.69, 9.17) is 0 Å². The molecule has 0 rings (SSSR count). The van der Waals surface area contributed by atoms with Crippen LogP contribution >= 0.6 is 0 Å². The fraction of sp³-hybridized carbons (Fsp3) is 0.738. The van der Waals surface area contributed by atoms with Gasteiger partial charge in [-0.3, -0.25) is 0 Å². The third-order valence-electron chi connectivity index (χ3n) is 12.8. The van der Waals surface area contributed by atoms with Gasteiger partial charge in [0.15, 0.2) is 0 Å². The van der Waals surface area contributed by atoms with Crippen molar-refractivity contribution in [3.05, 3.63) is 95.7 Å². The zero-order chi connectivity index (χ0) is 48.9. The van der Waals surface area contributed by atoms with Gasteiger partial charge in [0.2, 0.25) is 0 Å². The fourth-order valence-corrected chi connectivity index (χ4v) is 5.98. The Morgan fingerprint density at radius 1 is 0.475 bits per heavy atom. The molecular weight excluding hydrogens is 733 g/mol. The maximum atomic E-state index is 3.98. The topological polar surface area (TPSA) is 0 Å². The molecule has 0 N–H and O–H groups in total. The molecule has 0 aliphatic carbocycles. The van der Waals surface area contributed by atoms with Crippen LogP contribution in [0.15, 0.2) is 95.7 Å². The molecule has 0 aromatic carbocycles. The summed E-state index contributed by atoms with van der Waals surface area (Å²) in [5, 5.41) is 0. The maximum Gasteiger partial charge on any atom is -0.00977 e. The van der Waals surface area contributed by atoms with Gasteiger partial charge in [-0.2, -0.15) is 0 Å². The van der Waals surface area contributed by atoms with Crippen molar-refractivity contribution >= 4 is 0 Å². The molecule has 0 heterocycles. The quantitative estimate of drug-likeness (QED) is 0.0797. The molecule has 0 bridgehead atoms. The second kappa shape index (κ2) is 32.6. The molecule has 2 unspecified atom stereocenters. The lowest BCUT2D eigenvalue weighted by atomic mass is 9.65. The van der Waals surface area contributed by atoms with Crippen LogP contribution in [0, 0.1) is 38.4 Å². The van der Waals surface area contributed by atoms with Crippen LogP contribution in [0.25, 0.3) is 0 Å². The van der Waals surface area contributed by atoms with E-state index in [1.807, 2.05) is 6.08 Å². The third-order valence-corrected chi connectivity index (χ3v) is 12.8. The molecule has 0 aliphatic rings. The van der Waals surface area contributed by atoms with E-state index in [1.54, 1.807) is 0 Å². The van der Waals surface area contributed by atoms with Crippen molar-refractivity contribution in [1.82, 2.24) is 0 Å². The second-order valence-corrected chi connectivity index (χ2v) is 24.8. The molecule has 0 fully saturated rings. The summed E-state index contributed by atoms with van der Waals surface area (Å²) in [7, 11) is 0. The van der Waals surface area contributed by atoms with Crippen molar-refractivity contribution in [1.29, 1.82) is 0 Å². The highest BCUT2D eigenvalue weighted by atomic mass is 14.4. The molecular formula is C61H114. The Hall–Kier alpha value is -2.08. The van der Waals surface area contributed by atoms with Gasteiger partial charge in [-0.25, -0.2) is 0 Å². The van der Waals surface area contributed by atoms with Crippen molar-refractivity contribution in [3.8, 4) is 0 Å². The van der Waals surface area contributed by atoms with Crippen LogP contribution in [0.3, 0.4) is 0 Å². The summed E-state index contributed by atoms with van der Waals surface area (Å²) < 4.78 is 0. The van der Waals surface area contributed by atoms with Gasteiger partial charge in [0.05, 0.1) is 0 Å². The van der Waals surface area contributed by atoms with E-state index in [0.29, 0.717) is 27.1 Å². The molecule has 0 aliphatic heterocycles. The molecule has 0 aromatic rings. The van der Waals surface area contributed by atoms with E-state index in [-0.39, 0.29) is 5.41 Å². The molecule has 0 spiro atoms. The van der Waals surface area contributed by atoms with Gasteiger partial charge in [-0.05, 0) is 177 Å². The molecule has 0 aromatic heterocycles. The molecule has 358 valence electrons. The predicted octanol–water partition coefficient (Wildman–Crippen LogP) is 22.0. The second-order valence-electron chi connectivity index (χ2n) is 24.8. The standard InChI is InChI=1S/C19H34.C14H28.2C14H26/c1-16(2)10-8-11-17(3)12-9-13-18(4)14-15-19(5,6)7;1-12(2)8-7-9-13(3)10-11-14(4,5)6;1-8-12(2)10-9-11-14(6,7)13(3,4)5;1-8-14(7,13(4,5)6)11-9-10-12(2)3/h10,12,14H,8-9,11,13,15H2,1-7H3;8,13H,7,9-11H2,1-6H3;8H,1-2,9-11H2,3-7H3;8,10H,1,9,11H2,2-7H3/b17-12+,18-14+;;;. The Morgan fingerprint density at radius 2 is 0.918 bits per heavy atom. The van der Waals surface area contributed by atoms with E-state index in [9.17, 15) is 0 Å². The van der Waals surface area contributed by atoms with Crippen molar-refractivity contribution in [2.45, 2.75) is 256 Å². The van der Waals surface area contributed by atoms with Gasteiger partial charge in [-0.1, -0.05) is 206 Å². The highest BCUT2D eigenvalue weighted by Gasteiger charge is 2.33. The maximum absolute atomic E-state index is 3.98. The average Bonchev–Trinajstić information content (AvgIpc) is 3.08. The molecule has 0 heteroatoms. The molecule has 0 nitrogen and oxygen atoms in total. The van der Waals surface area contributed by atoms with Crippen molar-refractivity contribution in [2.24, 2.45) is 38.4 Å². The van der Waals surface area contributed by atoms with E-state index >= 15 is 0 Å². The lowest BCUT2D eigenvalue weighted by Gasteiger charge is -2.39. The summed E-state index contributed by atoms with van der Waals surface area (Å²) in [5.41, 5.74) is 10.7. The lowest BCUT2D eigenvalue weighted by molar-refractivity contribution is 0.117. The monoisotopic (exact) mass is 847 g/mol. The van der Waals surface area contributed by atoms with Crippen molar-refractivity contribution in [3.63, 3.8) is 0 Å². The largest absolute Gasteiger partial charge is 0.103 e.